The second kappa shape index (κ2) is 6.05. The number of carbonyl (C=O) groups excluding carboxylic acids is 1. The summed E-state index contributed by atoms with van der Waals surface area (Å²) in [5.74, 6) is 1.85. The number of amides is 1. The van der Waals surface area contributed by atoms with Gasteiger partial charge in [0.1, 0.15) is 0 Å². The first kappa shape index (κ1) is 14.8. The van der Waals surface area contributed by atoms with Gasteiger partial charge in [-0.2, -0.15) is 11.3 Å². The van der Waals surface area contributed by atoms with Crippen LogP contribution in [-0.4, -0.2) is 46.3 Å². The normalized spacial score (nSPS) is 26.7. The molecule has 2 aliphatic heterocycles. The molecule has 0 aromatic carbocycles. The van der Waals surface area contributed by atoms with E-state index in [2.05, 4.69) is 10.2 Å². The van der Waals surface area contributed by atoms with Crippen LogP contribution < -0.4 is 0 Å². The molecule has 0 N–H and O–H groups in total. The van der Waals surface area contributed by atoms with Crippen LogP contribution in [-0.2, 0) is 22.4 Å². The maximum atomic E-state index is 12.4. The van der Waals surface area contributed by atoms with Crippen molar-refractivity contribution >= 4 is 17.2 Å². The molecule has 0 saturated carbocycles. The van der Waals surface area contributed by atoms with Gasteiger partial charge in [0.25, 0.3) is 0 Å². The van der Waals surface area contributed by atoms with Gasteiger partial charge in [0.15, 0.2) is 0 Å². The summed E-state index contributed by atoms with van der Waals surface area (Å²) in [4.78, 5) is 14.3. The summed E-state index contributed by atoms with van der Waals surface area (Å²) in [5.41, 5.74) is 1.10. The molecular weight excluding hydrogens is 314 g/mol. The van der Waals surface area contributed by atoms with Crippen LogP contribution in [0.1, 0.15) is 23.8 Å². The highest BCUT2D eigenvalue weighted by atomic mass is 32.1. The standard InChI is InChI=1S/C16H19N3O3S/c1-10-17-18-15(21-10)6-13-5-12-7-19(8-14(12)22-13)16(20)4-11-2-3-23-9-11/h2-3,9,12-14H,4-8H2,1H3/t12-,13+,14+/m0/s1. The fourth-order valence-corrected chi connectivity index (χ4v) is 4.16. The minimum absolute atomic E-state index is 0.124. The number of nitrogens with zero attached hydrogens (tertiary/aromatic N) is 3. The van der Waals surface area contributed by atoms with Gasteiger partial charge in [-0.25, -0.2) is 0 Å². The smallest absolute Gasteiger partial charge is 0.227 e. The van der Waals surface area contributed by atoms with Crippen molar-refractivity contribution in [3.05, 3.63) is 34.2 Å². The quantitative estimate of drug-likeness (QED) is 0.854. The molecule has 122 valence electrons. The van der Waals surface area contributed by atoms with Gasteiger partial charge in [0.05, 0.1) is 25.0 Å². The van der Waals surface area contributed by atoms with E-state index in [1.54, 1.807) is 18.3 Å². The summed E-state index contributed by atoms with van der Waals surface area (Å²) in [7, 11) is 0. The number of ether oxygens (including phenoxy) is 1. The average molecular weight is 333 g/mol. The Morgan fingerprint density at radius 3 is 3.04 bits per heavy atom. The fraction of sp³-hybridized carbons (Fsp3) is 0.562. The predicted molar refractivity (Wildman–Crippen MR) is 84.1 cm³/mol. The largest absolute Gasteiger partial charge is 0.426 e. The van der Waals surface area contributed by atoms with Crippen LogP contribution in [0.3, 0.4) is 0 Å². The van der Waals surface area contributed by atoms with Crippen LogP contribution in [0.4, 0.5) is 0 Å². The summed E-state index contributed by atoms with van der Waals surface area (Å²) >= 11 is 1.63. The topological polar surface area (TPSA) is 68.5 Å². The molecule has 4 rings (SSSR count). The lowest BCUT2D eigenvalue weighted by atomic mass is 10.0. The van der Waals surface area contributed by atoms with Crippen LogP contribution in [0.5, 0.6) is 0 Å². The van der Waals surface area contributed by atoms with Crippen LogP contribution >= 0.6 is 11.3 Å². The third-order valence-corrected chi connectivity index (χ3v) is 5.30. The van der Waals surface area contributed by atoms with Crippen molar-refractivity contribution in [3.8, 4) is 0 Å². The molecule has 2 aliphatic rings. The summed E-state index contributed by atoms with van der Waals surface area (Å²) in [5, 5.41) is 11.9. The van der Waals surface area contributed by atoms with E-state index in [1.807, 2.05) is 21.7 Å². The van der Waals surface area contributed by atoms with Crippen LogP contribution in [0.25, 0.3) is 0 Å². The van der Waals surface area contributed by atoms with Crippen molar-refractivity contribution in [3.63, 3.8) is 0 Å². The van der Waals surface area contributed by atoms with Crippen molar-refractivity contribution in [2.24, 2.45) is 5.92 Å². The summed E-state index contributed by atoms with van der Waals surface area (Å²) in [6.07, 6.45) is 2.38. The van der Waals surface area contributed by atoms with E-state index in [0.717, 1.165) is 18.5 Å². The molecule has 0 aliphatic carbocycles. The third kappa shape index (κ3) is 3.16. The molecule has 0 unspecified atom stereocenters. The van der Waals surface area contributed by atoms with E-state index in [1.165, 1.54) is 0 Å². The zero-order chi connectivity index (χ0) is 15.8. The number of carbonyl (C=O) groups is 1. The molecule has 0 radical (unpaired) electrons. The lowest BCUT2D eigenvalue weighted by Crippen LogP contribution is -2.32. The Morgan fingerprint density at radius 1 is 1.43 bits per heavy atom. The van der Waals surface area contributed by atoms with Crippen LogP contribution in [0, 0.1) is 12.8 Å². The molecular formula is C16H19N3O3S. The summed E-state index contributed by atoms with van der Waals surface area (Å²) < 4.78 is 11.5. The average Bonchev–Trinajstić information content (AvgIpc) is 3.23. The summed E-state index contributed by atoms with van der Waals surface area (Å²) in [6.45, 7) is 3.29. The van der Waals surface area contributed by atoms with E-state index >= 15 is 0 Å². The molecule has 2 fully saturated rings. The number of fused-ring (bicyclic) bond motifs is 1. The highest BCUT2D eigenvalue weighted by Gasteiger charge is 2.43. The molecule has 0 spiro atoms. The van der Waals surface area contributed by atoms with E-state index in [0.29, 0.717) is 37.1 Å². The minimum Gasteiger partial charge on any atom is -0.426 e. The molecule has 23 heavy (non-hydrogen) atoms. The monoisotopic (exact) mass is 333 g/mol. The van der Waals surface area contributed by atoms with Gasteiger partial charge in [0, 0.05) is 25.9 Å². The molecule has 3 atom stereocenters. The van der Waals surface area contributed by atoms with Gasteiger partial charge in [-0.05, 0) is 28.8 Å². The lowest BCUT2D eigenvalue weighted by Gasteiger charge is -2.18. The Hall–Kier alpha value is -1.73. The Morgan fingerprint density at radius 2 is 2.35 bits per heavy atom. The van der Waals surface area contributed by atoms with E-state index in [-0.39, 0.29) is 18.1 Å². The maximum absolute atomic E-state index is 12.4. The molecule has 2 saturated heterocycles. The lowest BCUT2D eigenvalue weighted by molar-refractivity contribution is -0.130. The molecule has 6 nitrogen and oxygen atoms in total. The number of rotatable bonds is 4. The van der Waals surface area contributed by atoms with Gasteiger partial charge in [-0.3, -0.25) is 4.79 Å². The van der Waals surface area contributed by atoms with Crippen molar-refractivity contribution in [2.45, 2.75) is 38.4 Å². The van der Waals surface area contributed by atoms with Crippen molar-refractivity contribution in [1.29, 1.82) is 0 Å². The first-order valence-corrected chi connectivity index (χ1v) is 8.85. The van der Waals surface area contributed by atoms with E-state index in [9.17, 15) is 4.79 Å². The van der Waals surface area contributed by atoms with Gasteiger partial charge in [-0.15, -0.1) is 10.2 Å². The van der Waals surface area contributed by atoms with Gasteiger partial charge < -0.3 is 14.1 Å². The molecule has 2 aromatic rings. The molecule has 4 heterocycles. The molecule has 2 aromatic heterocycles. The van der Waals surface area contributed by atoms with Crippen LogP contribution in [0.15, 0.2) is 21.2 Å². The Kier molecular flexibility index (Phi) is 3.90. The Bertz CT molecular complexity index is 671. The van der Waals surface area contributed by atoms with Crippen molar-refractivity contribution < 1.29 is 13.9 Å². The number of likely N-dealkylation sites (tertiary alicyclic amines) is 1. The van der Waals surface area contributed by atoms with Crippen LogP contribution in [0.2, 0.25) is 0 Å². The van der Waals surface area contributed by atoms with Gasteiger partial charge >= 0.3 is 0 Å². The van der Waals surface area contributed by atoms with Gasteiger partial charge in [-0.1, -0.05) is 0 Å². The molecule has 1 amide bonds. The van der Waals surface area contributed by atoms with Crippen molar-refractivity contribution in [1.82, 2.24) is 15.1 Å². The van der Waals surface area contributed by atoms with Crippen molar-refractivity contribution in [2.75, 3.05) is 13.1 Å². The highest BCUT2D eigenvalue weighted by Crippen LogP contribution is 2.34. The zero-order valence-electron chi connectivity index (χ0n) is 13.0. The van der Waals surface area contributed by atoms with Gasteiger partial charge in [0.2, 0.25) is 17.7 Å². The fourth-order valence-electron chi connectivity index (χ4n) is 3.49. The molecule has 0 bridgehead atoms. The number of thiophene rings is 1. The number of hydrogen-bond acceptors (Lipinski definition) is 6. The SMILES string of the molecule is Cc1nnc(C[C@H]2C[C@H]3CN(C(=O)Cc4ccsc4)C[C@H]3O2)o1. The van der Waals surface area contributed by atoms with E-state index < -0.39 is 0 Å². The second-order valence-electron chi connectivity index (χ2n) is 6.32. The Balaban J connectivity index is 1.30. The number of hydrogen-bond donors (Lipinski definition) is 0. The third-order valence-electron chi connectivity index (χ3n) is 4.57. The summed E-state index contributed by atoms with van der Waals surface area (Å²) in [6, 6.07) is 2.01. The predicted octanol–water partition coefficient (Wildman–Crippen LogP) is 1.84. The molecule has 7 heteroatoms. The first-order chi connectivity index (χ1) is 11.2. The number of aromatic nitrogens is 2. The second-order valence-corrected chi connectivity index (χ2v) is 7.10. The first-order valence-electron chi connectivity index (χ1n) is 7.90. The number of aryl methyl sites for hydroxylation is 1. The zero-order valence-corrected chi connectivity index (χ0v) is 13.8. The minimum atomic E-state index is 0.124. The highest BCUT2D eigenvalue weighted by molar-refractivity contribution is 7.07. The Labute approximate surface area is 138 Å². The van der Waals surface area contributed by atoms with E-state index in [4.69, 9.17) is 9.15 Å². The maximum Gasteiger partial charge on any atom is 0.227 e.